The van der Waals surface area contributed by atoms with Crippen LogP contribution in [0.3, 0.4) is 0 Å². The molecule has 0 spiro atoms. The quantitative estimate of drug-likeness (QED) is 0.278. The molecular weight excluding hydrogens is 459 g/mol. The van der Waals surface area contributed by atoms with Crippen molar-refractivity contribution >= 4 is 29.9 Å². The molecule has 0 aliphatic carbocycles. The van der Waals surface area contributed by atoms with Crippen molar-refractivity contribution in [3.05, 3.63) is 24.2 Å². The highest BCUT2D eigenvalue weighted by Gasteiger charge is 2.20. The van der Waals surface area contributed by atoms with Gasteiger partial charge in [0, 0.05) is 32.2 Å². The smallest absolute Gasteiger partial charge is 0.191 e. The number of aliphatic hydroxyl groups excluding tert-OH is 1. The second kappa shape index (κ2) is 13.4. The van der Waals surface area contributed by atoms with E-state index >= 15 is 0 Å². The molecule has 8 heteroatoms. The fourth-order valence-electron chi connectivity index (χ4n) is 2.98. The van der Waals surface area contributed by atoms with Crippen LogP contribution >= 0.6 is 24.0 Å². The van der Waals surface area contributed by atoms with Crippen molar-refractivity contribution in [2.45, 2.75) is 51.9 Å². The number of piperidine rings is 1. The van der Waals surface area contributed by atoms with Crippen molar-refractivity contribution < 1.29 is 14.3 Å². The molecule has 3 N–H and O–H groups in total. The number of hydrogen-bond acceptors (Lipinski definition) is 5. The maximum Gasteiger partial charge on any atom is 0.191 e. The average Bonchev–Trinajstić information content (AvgIpc) is 3.15. The minimum atomic E-state index is -0.719. The summed E-state index contributed by atoms with van der Waals surface area (Å²) in [5, 5.41) is 16.9. The molecule has 1 aliphatic rings. The molecule has 1 unspecified atom stereocenters. The molecule has 0 aromatic carbocycles. The number of aliphatic imine (C=N–C) groups is 1. The summed E-state index contributed by atoms with van der Waals surface area (Å²) in [7, 11) is 0. The van der Waals surface area contributed by atoms with E-state index in [-0.39, 0.29) is 30.5 Å². The molecule has 1 saturated heterocycles. The Kier molecular flexibility index (Phi) is 12.0. The highest BCUT2D eigenvalue weighted by molar-refractivity contribution is 14.0. The third-order valence-corrected chi connectivity index (χ3v) is 4.43. The van der Waals surface area contributed by atoms with Crippen LogP contribution in [0.2, 0.25) is 0 Å². The Morgan fingerprint density at radius 3 is 2.74 bits per heavy atom. The van der Waals surface area contributed by atoms with E-state index in [2.05, 4.69) is 34.4 Å². The lowest BCUT2D eigenvalue weighted by Gasteiger charge is -2.33. The van der Waals surface area contributed by atoms with Gasteiger partial charge in [0.05, 0.1) is 25.5 Å². The molecule has 0 bridgehead atoms. The number of guanidine groups is 1. The molecule has 0 amide bonds. The molecule has 2 rings (SSSR count). The summed E-state index contributed by atoms with van der Waals surface area (Å²) in [5.41, 5.74) is 0. The molecular formula is C19H35IN4O3. The Hall–Kier alpha value is -0.840. The molecule has 1 fully saturated rings. The Labute approximate surface area is 180 Å². The summed E-state index contributed by atoms with van der Waals surface area (Å²) in [6.07, 6.45) is 3.29. The van der Waals surface area contributed by atoms with E-state index < -0.39 is 6.10 Å². The number of aliphatic hydroxyl groups is 1. The molecule has 1 aromatic heterocycles. The van der Waals surface area contributed by atoms with Crippen LogP contribution in [0.15, 0.2) is 27.8 Å². The summed E-state index contributed by atoms with van der Waals surface area (Å²) in [6, 6.07) is 3.93. The van der Waals surface area contributed by atoms with Crippen LogP contribution in [0.4, 0.5) is 0 Å². The van der Waals surface area contributed by atoms with Crippen LogP contribution in [0.1, 0.15) is 45.5 Å². The maximum absolute atomic E-state index is 10.1. The number of nitrogens with zero attached hydrogens (tertiary/aromatic N) is 2. The zero-order chi connectivity index (χ0) is 18.8. The van der Waals surface area contributed by atoms with E-state index in [1.165, 1.54) is 0 Å². The first-order chi connectivity index (χ1) is 12.6. The van der Waals surface area contributed by atoms with Crippen LogP contribution < -0.4 is 10.6 Å². The number of hydrogen-bond donors (Lipinski definition) is 3. The van der Waals surface area contributed by atoms with E-state index in [1.807, 2.05) is 6.92 Å². The lowest BCUT2D eigenvalue weighted by atomic mass is 10.1. The lowest BCUT2D eigenvalue weighted by Crippen LogP contribution is -2.49. The minimum absolute atomic E-state index is 0. The number of furan rings is 1. The lowest BCUT2D eigenvalue weighted by molar-refractivity contribution is 0.0532. The first-order valence-corrected chi connectivity index (χ1v) is 9.68. The van der Waals surface area contributed by atoms with Crippen molar-refractivity contribution in [2.24, 2.45) is 4.99 Å². The molecule has 2 heterocycles. The van der Waals surface area contributed by atoms with Gasteiger partial charge in [0.25, 0.3) is 0 Å². The number of nitrogens with one attached hydrogen (secondary N) is 2. The van der Waals surface area contributed by atoms with E-state index in [9.17, 15) is 5.11 Å². The Bertz CT molecular complexity index is 517. The summed E-state index contributed by atoms with van der Waals surface area (Å²) in [6.45, 7) is 11.2. The fraction of sp³-hybridized carbons (Fsp3) is 0.737. The Morgan fingerprint density at radius 2 is 2.15 bits per heavy atom. The summed E-state index contributed by atoms with van der Waals surface area (Å²) < 4.78 is 10.9. The fourth-order valence-corrected chi connectivity index (χ4v) is 2.98. The molecule has 1 atom stereocenters. The predicted octanol–water partition coefficient (Wildman–Crippen LogP) is 2.38. The van der Waals surface area contributed by atoms with E-state index in [0.29, 0.717) is 17.9 Å². The highest BCUT2D eigenvalue weighted by Crippen LogP contribution is 2.13. The molecule has 7 nitrogen and oxygen atoms in total. The largest absolute Gasteiger partial charge is 0.467 e. The number of halogens is 1. The van der Waals surface area contributed by atoms with Gasteiger partial charge in [-0.3, -0.25) is 4.99 Å². The Morgan fingerprint density at radius 1 is 1.41 bits per heavy atom. The van der Waals surface area contributed by atoms with Gasteiger partial charge in [-0.1, -0.05) is 0 Å². The molecule has 0 saturated carbocycles. The zero-order valence-corrected chi connectivity index (χ0v) is 19.0. The molecule has 0 radical (unpaired) electrons. The standard InChI is InChI=1S/C19H34N4O3.HI/c1-4-20-19(21-14-17(24)18-6-5-12-26-18)22-16-7-9-23(10-8-16)11-13-25-15(2)3;/h5-6,12,15-17,24H,4,7-11,13-14H2,1-3H3,(H2,20,21,22);1H. The van der Waals surface area contributed by atoms with Crippen LogP contribution in [0, 0.1) is 0 Å². The van der Waals surface area contributed by atoms with Crippen LogP contribution in [0.5, 0.6) is 0 Å². The molecule has 27 heavy (non-hydrogen) atoms. The Balaban J connectivity index is 0.00000364. The molecule has 156 valence electrons. The average molecular weight is 494 g/mol. The zero-order valence-electron chi connectivity index (χ0n) is 16.7. The van der Waals surface area contributed by atoms with Gasteiger partial charge in [0.2, 0.25) is 0 Å². The van der Waals surface area contributed by atoms with Crippen LogP contribution in [-0.4, -0.2) is 67.4 Å². The first-order valence-electron chi connectivity index (χ1n) is 9.68. The third-order valence-electron chi connectivity index (χ3n) is 4.43. The van der Waals surface area contributed by atoms with E-state index in [0.717, 1.165) is 51.6 Å². The highest BCUT2D eigenvalue weighted by atomic mass is 127. The van der Waals surface area contributed by atoms with Crippen molar-refractivity contribution in [3.63, 3.8) is 0 Å². The third kappa shape index (κ3) is 9.27. The number of rotatable bonds is 9. The van der Waals surface area contributed by atoms with Crippen molar-refractivity contribution in [3.8, 4) is 0 Å². The van der Waals surface area contributed by atoms with Crippen molar-refractivity contribution in [1.29, 1.82) is 0 Å². The molecule has 1 aromatic rings. The van der Waals surface area contributed by atoms with Gasteiger partial charge >= 0.3 is 0 Å². The van der Waals surface area contributed by atoms with Gasteiger partial charge in [-0.15, -0.1) is 24.0 Å². The number of ether oxygens (including phenoxy) is 1. The summed E-state index contributed by atoms with van der Waals surface area (Å²) in [4.78, 5) is 6.95. The van der Waals surface area contributed by atoms with Gasteiger partial charge in [-0.05, 0) is 45.7 Å². The predicted molar refractivity (Wildman–Crippen MR) is 119 cm³/mol. The monoisotopic (exact) mass is 494 g/mol. The topological polar surface area (TPSA) is 82.3 Å². The maximum atomic E-state index is 10.1. The van der Waals surface area contributed by atoms with Gasteiger partial charge in [-0.25, -0.2) is 0 Å². The second-order valence-electron chi connectivity index (χ2n) is 6.93. The van der Waals surface area contributed by atoms with Gasteiger partial charge in [0.1, 0.15) is 11.9 Å². The number of likely N-dealkylation sites (tertiary alicyclic amines) is 1. The van der Waals surface area contributed by atoms with Gasteiger partial charge < -0.3 is 29.8 Å². The molecule has 1 aliphatic heterocycles. The summed E-state index contributed by atoms with van der Waals surface area (Å²) >= 11 is 0. The van der Waals surface area contributed by atoms with Crippen molar-refractivity contribution in [1.82, 2.24) is 15.5 Å². The van der Waals surface area contributed by atoms with E-state index in [1.54, 1.807) is 18.4 Å². The second-order valence-corrected chi connectivity index (χ2v) is 6.93. The van der Waals surface area contributed by atoms with Crippen LogP contribution in [-0.2, 0) is 4.74 Å². The van der Waals surface area contributed by atoms with Gasteiger partial charge in [-0.2, -0.15) is 0 Å². The normalized spacial score (nSPS) is 17.6. The minimum Gasteiger partial charge on any atom is -0.467 e. The van der Waals surface area contributed by atoms with Crippen LogP contribution in [0.25, 0.3) is 0 Å². The van der Waals surface area contributed by atoms with Crippen molar-refractivity contribution in [2.75, 3.05) is 39.3 Å². The SMILES string of the molecule is CCNC(=NCC(O)c1ccco1)NC1CCN(CCOC(C)C)CC1.I. The van der Waals surface area contributed by atoms with E-state index in [4.69, 9.17) is 9.15 Å². The first kappa shape index (κ1) is 24.2. The summed E-state index contributed by atoms with van der Waals surface area (Å²) in [5.74, 6) is 1.29. The van der Waals surface area contributed by atoms with Gasteiger partial charge in [0.15, 0.2) is 5.96 Å².